The first-order valence-corrected chi connectivity index (χ1v) is 5.19. The number of rotatable bonds is 5. The molecular formula is C12H23N3O. The molecule has 0 aromatic heterocycles. The van der Waals surface area contributed by atoms with E-state index in [4.69, 9.17) is 5.73 Å². The largest absolute Gasteiger partial charge is 0.401 e. The molecule has 0 aromatic rings. The Kier molecular flexibility index (Phi) is 10.4. The van der Waals surface area contributed by atoms with Crippen molar-refractivity contribution in [1.29, 1.82) is 0 Å². The molecule has 0 aliphatic rings. The lowest BCUT2D eigenvalue weighted by atomic mass is 10.3. The van der Waals surface area contributed by atoms with Crippen molar-refractivity contribution in [3.05, 3.63) is 11.9 Å². The lowest BCUT2D eigenvalue weighted by Gasteiger charge is -2.19. The third-order valence-electron chi connectivity index (χ3n) is 1.97. The van der Waals surface area contributed by atoms with Gasteiger partial charge in [-0.1, -0.05) is 0 Å². The molecule has 4 nitrogen and oxygen atoms in total. The number of nitrogens with zero attached hydrogens (tertiary/aromatic N) is 1. The van der Waals surface area contributed by atoms with Crippen molar-refractivity contribution >= 4 is 5.91 Å². The fourth-order valence-corrected chi connectivity index (χ4v) is 0.858. The molecule has 0 rings (SSSR count). The van der Waals surface area contributed by atoms with Gasteiger partial charge in [-0.25, -0.2) is 0 Å². The highest BCUT2D eigenvalue weighted by Gasteiger charge is 1.99. The van der Waals surface area contributed by atoms with Gasteiger partial charge in [-0.2, -0.15) is 0 Å². The third kappa shape index (κ3) is 10.5. The molecule has 1 amide bonds. The Morgan fingerprint density at radius 2 is 2.00 bits per heavy atom. The summed E-state index contributed by atoms with van der Waals surface area (Å²) in [5.41, 5.74) is 6.55. The molecule has 0 radical (unpaired) electrons. The van der Waals surface area contributed by atoms with Gasteiger partial charge in [0.1, 0.15) is 0 Å². The highest BCUT2D eigenvalue weighted by atomic mass is 16.1. The smallest absolute Gasteiger partial charge is 0.216 e. The molecule has 92 valence electrons. The monoisotopic (exact) mass is 225 g/mol. The average Bonchev–Trinajstić information content (AvgIpc) is 2.19. The van der Waals surface area contributed by atoms with Gasteiger partial charge >= 0.3 is 0 Å². The minimum Gasteiger partial charge on any atom is -0.401 e. The quantitative estimate of drug-likeness (QED) is 0.684. The van der Waals surface area contributed by atoms with E-state index in [-0.39, 0.29) is 5.91 Å². The summed E-state index contributed by atoms with van der Waals surface area (Å²) in [6, 6.07) is 0.439. The van der Waals surface area contributed by atoms with Crippen molar-refractivity contribution in [2.45, 2.75) is 33.2 Å². The maximum atomic E-state index is 10.6. The molecule has 4 heteroatoms. The summed E-state index contributed by atoms with van der Waals surface area (Å²) >= 11 is 0. The van der Waals surface area contributed by atoms with Crippen LogP contribution in [0.5, 0.6) is 0 Å². The van der Waals surface area contributed by atoms with Crippen LogP contribution in [0.15, 0.2) is 11.9 Å². The topological polar surface area (TPSA) is 58.4 Å². The molecule has 0 saturated carbocycles. The van der Waals surface area contributed by atoms with Gasteiger partial charge in [-0.05, 0) is 13.8 Å². The molecule has 0 bridgehead atoms. The summed E-state index contributed by atoms with van der Waals surface area (Å²) in [7, 11) is 1.98. The molecule has 0 spiro atoms. The van der Waals surface area contributed by atoms with Crippen LogP contribution in [0, 0.1) is 12.8 Å². The zero-order valence-corrected chi connectivity index (χ0v) is 10.7. The van der Waals surface area contributed by atoms with Crippen molar-refractivity contribution in [2.75, 3.05) is 13.6 Å². The molecule has 0 unspecified atom stereocenters. The Balaban J connectivity index is 0. The molecular weight excluding hydrogens is 202 g/mol. The van der Waals surface area contributed by atoms with E-state index in [1.54, 1.807) is 0 Å². The number of terminal acetylenes is 1. The van der Waals surface area contributed by atoms with Gasteiger partial charge in [-0.3, -0.25) is 4.79 Å². The number of nitrogens with one attached hydrogen (secondary N) is 1. The summed E-state index contributed by atoms with van der Waals surface area (Å²) in [6.45, 7) is 6.29. The van der Waals surface area contributed by atoms with Gasteiger partial charge in [0, 0.05) is 44.9 Å². The summed E-state index contributed by atoms with van der Waals surface area (Å²) in [5, 5.41) is 2.70. The van der Waals surface area contributed by atoms with E-state index in [1.807, 2.05) is 18.1 Å². The van der Waals surface area contributed by atoms with Crippen LogP contribution in [0.1, 0.15) is 27.2 Å². The minimum absolute atomic E-state index is 0.0185. The lowest BCUT2D eigenvalue weighted by molar-refractivity contribution is -0.118. The second-order valence-corrected chi connectivity index (χ2v) is 3.70. The summed E-state index contributed by atoms with van der Waals surface area (Å²) in [6.07, 6.45) is 10.6. The Labute approximate surface area is 98.9 Å². The maximum absolute atomic E-state index is 10.6. The summed E-state index contributed by atoms with van der Waals surface area (Å²) < 4.78 is 0. The zero-order valence-electron chi connectivity index (χ0n) is 10.7. The van der Waals surface area contributed by atoms with Gasteiger partial charge in [0.15, 0.2) is 0 Å². The maximum Gasteiger partial charge on any atom is 0.216 e. The third-order valence-corrected chi connectivity index (χ3v) is 1.97. The second-order valence-electron chi connectivity index (χ2n) is 3.70. The molecule has 0 aliphatic carbocycles. The van der Waals surface area contributed by atoms with Crippen molar-refractivity contribution < 1.29 is 4.79 Å². The van der Waals surface area contributed by atoms with E-state index >= 15 is 0 Å². The normalized spacial score (nSPS) is 10.3. The van der Waals surface area contributed by atoms with E-state index < -0.39 is 0 Å². The Morgan fingerprint density at radius 1 is 1.50 bits per heavy atom. The van der Waals surface area contributed by atoms with E-state index in [2.05, 4.69) is 32.0 Å². The van der Waals surface area contributed by atoms with Crippen molar-refractivity contribution in [3.63, 3.8) is 0 Å². The van der Waals surface area contributed by atoms with Crippen LogP contribution < -0.4 is 11.1 Å². The van der Waals surface area contributed by atoms with Crippen LogP contribution >= 0.6 is 0 Å². The predicted molar refractivity (Wildman–Crippen MR) is 68.4 cm³/mol. The van der Waals surface area contributed by atoms with Crippen LogP contribution in [0.3, 0.4) is 0 Å². The lowest BCUT2D eigenvalue weighted by Crippen LogP contribution is -2.25. The second kappa shape index (κ2) is 9.91. The molecule has 16 heavy (non-hydrogen) atoms. The average molecular weight is 225 g/mol. The van der Waals surface area contributed by atoms with Gasteiger partial charge in [-0.15, -0.1) is 12.8 Å². The number of carbonyl (C=O) groups is 1. The first-order valence-electron chi connectivity index (χ1n) is 5.19. The summed E-state index contributed by atoms with van der Waals surface area (Å²) in [5.74, 6) is -0.0185. The molecule has 0 atom stereocenters. The first kappa shape index (κ1) is 16.8. The standard InChI is InChI=1S/C10H21N3O.C2H2/c1-8(2)13(4)7-10(11)5-6-12-9(3)14;1-2/h7-8H,5-6,11H2,1-4H3,(H,12,14);1-2H/b10-7-;. The van der Waals surface area contributed by atoms with Gasteiger partial charge < -0.3 is 16.0 Å². The first-order chi connectivity index (χ1) is 7.43. The van der Waals surface area contributed by atoms with Crippen LogP contribution in [-0.2, 0) is 4.79 Å². The minimum atomic E-state index is -0.0185. The number of amides is 1. The fourth-order valence-electron chi connectivity index (χ4n) is 0.858. The highest BCUT2D eigenvalue weighted by molar-refractivity contribution is 5.72. The van der Waals surface area contributed by atoms with Gasteiger partial charge in [0.2, 0.25) is 5.91 Å². The van der Waals surface area contributed by atoms with Crippen molar-refractivity contribution in [1.82, 2.24) is 10.2 Å². The van der Waals surface area contributed by atoms with Crippen LogP contribution in [0.2, 0.25) is 0 Å². The van der Waals surface area contributed by atoms with Crippen molar-refractivity contribution in [3.8, 4) is 12.8 Å². The molecule has 0 aliphatic heterocycles. The molecule has 3 N–H and O–H groups in total. The van der Waals surface area contributed by atoms with Gasteiger partial charge in [0.05, 0.1) is 0 Å². The number of nitrogens with two attached hydrogens (primary N) is 1. The number of hydrogen-bond acceptors (Lipinski definition) is 3. The van der Waals surface area contributed by atoms with E-state index in [9.17, 15) is 4.79 Å². The zero-order chi connectivity index (χ0) is 13.1. The number of carbonyl (C=O) groups excluding carboxylic acids is 1. The SMILES string of the molecule is C#C.CC(=O)NCC/C(N)=C/N(C)C(C)C. The van der Waals surface area contributed by atoms with Gasteiger partial charge in [0.25, 0.3) is 0 Å². The Morgan fingerprint density at radius 3 is 2.38 bits per heavy atom. The van der Waals surface area contributed by atoms with E-state index in [1.165, 1.54) is 6.92 Å². The summed E-state index contributed by atoms with van der Waals surface area (Å²) in [4.78, 5) is 12.6. The highest BCUT2D eigenvalue weighted by Crippen LogP contribution is 1.98. The van der Waals surface area contributed by atoms with Crippen molar-refractivity contribution in [2.24, 2.45) is 5.73 Å². The molecule has 0 fully saturated rings. The van der Waals surface area contributed by atoms with Crippen LogP contribution in [0.25, 0.3) is 0 Å². The molecule has 0 heterocycles. The molecule has 0 saturated heterocycles. The van der Waals surface area contributed by atoms with Crippen LogP contribution in [0.4, 0.5) is 0 Å². The Hall–Kier alpha value is -1.63. The van der Waals surface area contributed by atoms with Crippen LogP contribution in [-0.4, -0.2) is 30.4 Å². The number of hydrogen-bond donors (Lipinski definition) is 2. The molecule has 0 aromatic carbocycles. The predicted octanol–water partition coefficient (Wildman–Crippen LogP) is 0.902. The van der Waals surface area contributed by atoms with E-state index in [0.717, 1.165) is 5.70 Å². The van der Waals surface area contributed by atoms with E-state index in [0.29, 0.717) is 19.0 Å². The fraction of sp³-hybridized carbons (Fsp3) is 0.583. The Bertz CT molecular complexity index is 244.